The molecule has 1 aromatic carbocycles. The first-order valence-corrected chi connectivity index (χ1v) is 5.67. The fourth-order valence-corrected chi connectivity index (χ4v) is 1.91. The van der Waals surface area contributed by atoms with E-state index in [2.05, 4.69) is 4.98 Å². The van der Waals surface area contributed by atoms with E-state index >= 15 is 0 Å². The molecule has 0 spiro atoms. The number of H-pyrrole nitrogens is 1. The molecule has 0 aliphatic heterocycles. The molecule has 0 aliphatic carbocycles. The Morgan fingerprint density at radius 1 is 1.50 bits per heavy atom. The van der Waals surface area contributed by atoms with E-state index in [0.717, 1.165) is 5.52 Å². The van der Waals surface area contributed by atoms with E-state index in [-0.39, 0.29) is 6.61 Å². The summed E-state index contributed by atoms with van der Waals surface area (Å²) in [6, 6.07) is 5.45. The predicted octanol–water partition coefficient (Wildman–Crippen LogP) is 1.77. The molecule has 0 saturated heterocycles. The van der Waals surface area contributed by atoms with Crippen LogP contribution in [0.1, 0.15) is 18.6 Å². The van der Waals surface area contributed by atoms with Gasteiger partial charge in [0.15, 0.2) is 6.10 Å². The molecular weight excluding hydrogens is 234 g/mol. The molecule has 0 fully saturated rings. The van der Waals surface area contributed by atoms with Gasteiger partial charge < -0.3 is 19.6 Å². The first-order valence-electron chi connectivity index (χ1n) is 5.67. The molecule has 1 unspecified atom stereocenters. The lowest BCUT2D eigenvalue weighted by Gasteiger charge is -2.10. The third-order valence-electron chi connectivity index (χ3n) is 2.72. The van der Waals surface area contributed by atoms with Crippen LogP contribution in [0.2, 0.25) is 0 Å². The van der Waals surface area contributed by atoms with Gasteiger partial charge in [-0.2, -0.15) is 0 Å². The maximum absolute atomic E-state index is 11.6. The van der Waals surface area contributed by atoms with Crippen LogP contribution in [0.4, 0.5) is 0 Å². The van der Waals surface area contributed by atoms with Gasteiger partial charge in [0, 0.05) is 22.7 Å². The Kier molecular flexibility index (Phi) is 3.53. The van der Waals surface area contributed by atoms with Gasteiger partial charge in [0.1, 0.15) is 5.75 Å². The number of carbonyl (C=O) groups excluding carboxylic acids is 1. The van der Waals surface area contributed by atoms with Crippen molar-refractivity contribution < 1.29 is 19.4 Å². The van der Waals surface area contributed by atoms with Crippen LogP contribution in [0.15, 0.2) is 24.4 Å². The van der Waals surface area contributed by atoms with Crippen LogP contribution in [0.3, 0.4) is 0 Å². The average Bonchev–Trinajstić information content (AvgIpc) is 2.81. The van der Waals surface area contributed by atoms with E-state index in [1.807, 2.05) is 12.1 Å². The largest absolute Gasteiger partial charge is 0.496 e. The molecule has 18 heavy (non-hydrogen) atoms. The zero-order valence-corrected chi connectivity index (χ0v) is 10.3. The number of ether oxygens (including phenoxy) is 2. The number of nitrogens with one attached hydrogen (secondary N) is 1. The number of esters is 1. The summed E-state index contributed by atoms with van der Waals surface area (Å²) in [4.78, 5) is 14.6. The fourth-order valence-electron chi connectivity index (χ4n) is 1.91. The zero-order chi connectivity index (χ0) is 13.1. The van der Waals surface area contributed by atoms with Crippen molar-refractivity contribution in [2.24, 2.45) is 0 Å². The first kappa shape index (κ1) is 12.4. The smallest absolute Gasteiger partial charge is 0.339 e. The van der Waals surface area contributed by atoms with Crippen LogP contribution in [0.5, 0.6) is 5.75 Å². The highest BCUT2D eigenvalue weighted by molar-refractivity contribution is 5.93. The van der Waals surface area contributed by atoms with E-state index in [9.17, 15) is 9.90 Å². The Morgan fingerprint density at radius 2 is 2.28 bits per heavy atom. The molecule has 1 atom stereocenters. The van der Waals surface area contributed by atoms with Crippen LogP contribution >= 0.6 is 0 Å². The summed E-state index contributed by atoms with van der Waals surface area (Å²) in [6.07, 6.45) is 0.282. The Hall–Kier alpha value is -2.01. The van der Waals surface area contributed by atoms with Crippen LogP contribution < -0.4 is 4.74 Å². The van der Waals surface area contributed by atoms with Gasteiger partial charge in [-0.15, -0.1) is 0 Å². The Morgan fingerprint density at radius 3 is 2.94 bits per heavy atom. The van der Waals surface area contributed by atoms with Crippen LogP contribution in [-0.4, -0.2) is 29.8 Å². The van der Waals surface area contributed by atoms with Crippen molar-refractivity contribution in [3.05, 3.63) is 30.0 Å². The van der Waals surface area contributed by atoms with Crippen LogP contribution in [0.25, 0.3) is 10.9 Å². The summed E-state index contributed by atoms with van der Waals surface area (Å²) < 4.78 is 10.0. The molecule has 0 aliphatic rings. The van der Waals surface area contributed by atoms with E-state index in [0.29, 0.717) is 16.7 Å². The highest BCUT2D eigenvalue weighted by Crippen LogP contribution is 2.32. The van der Waals surface area contributed by atoms with Gasteiger partial charge in [-0.05, 0) is 19.1 Å². The molecule has 96 valence electrons. The Bertz CT molecular complexity index is 561. The highest BCUT2D eigenvalue weighted by atomic mass is 16.5. The third kappa shape index (κ3) is 2.04. The van der Waals surface area contributed by atoms with Gasteiger partial charge in [-0.25, -0.2) is 4.79 Å². The standard InChI is InChI=1S/C13H15NO4/c1-3-18-13(16)12(15)8-7-14-9-5-4-6-10(17-2)11(8)9/h4-7,12,14-15H,3H2,1-2H3. The summed E-state index contributed by atoms with van der Waals surface area (Å²) in [6.45, 7) is 1.93. The van der Waals surface area contributed by atoms with Crippen LogP contribution in [-0.2, 0) is 9.53 Å². The minimum absolute atomic E-state index is 0.232. The van der Waals surface area contributed by atoms with Crippen molar-refractivity contribution >= 4 is 16.9 Å². The van der Waals surface area contributed by atoms with E-state index < -0.39 is 12.1 Å². The molecule has 0 radical (unpaired) electrons. The van der Waals surface area contributed by atoms with Crippen molar-refractivity contribution in [3.63, 3.8) is 0 Å². The van der Waals surface area contributed by atoms with Gasteiger partial charge in [-0.1, -0.05) is 6.07 Å². The fraction of sp³-hybridized carbons (Fsp3) is 0.308. The SMILES string of the molecule is CCOC(=O)C(O)c1c[nH]c2cccc(OC)c12. The van der Waals surface area contributed by atoms with Gasteiger partial charge in [-0.3, -0.25) is 0 Å². The van der Waals surface area contributed by atoms with Gasteiger partial charge in [0.25, 0.3) is 0 Å². The molecule has 2 aromatic rings. The number of benzene rings is 1. The summed E-state index contributed by atoms with van der Waals surface area (Å²) in [5, 5.41) is 10.7. The number of hydrogen-bond acceptors (Lipinski definition) is 4. The molecule has 2 rings (SSSR count). The van der Waals surface area contributed by atoms with Crippen molar-refractivity contribution in [2.45, 2.75) is 13.0 Å². The minimum atomic E-state index is -1.31. The monoisotopic (exact) mass is 249 g/mol. The molecule has 5 heteroatoms. The van der Waals surface area contributed by atoms with Crippen molar-refractivity contribution in [1.82, 2.24) is 4.98 Å². The maximum atomic E-state index is 11.6. The molecule has 0 amide bonds. The van der Waals surface area contributed by atoms with Gasteiger partial charge in [0.2, 0.25) is 0 Å². The molecule has 0 bridgehead atoms. The van der Waals surface area contributed by atoms with Crippen LogP contribution in [0, 0.1) is 0 Å². The van der Waals surface area contributed by atoms with Gasteiger partial charge >= 0.3 is 5.97 Å². The topological polar surface area (TPSA) is 71.5 Å². The number of rotatable bonds is 4. The molecule has 1 heterocycles. The molecular formula is C13H15NO4. The van der Waals surface area contributed by atoms with Crippen molar-refractivity contribution in [3.8, 4) is 5.75 Å². The quantitative estimate of drug-likeness (QED) is 0.810. The Labute approximate surface area is 104 Å². The third-order valence-corrected chi connectivity index (χ3v) is 2.72. The minimum Gasteiger partial charge on any atom is -0.496 e. The molecule has 5 nitrogen and oxygen atoms in total. The van der Waals surface area contributed by atoms with Crippen molar-refractivity contribution in [1.29, 1.82) is 0 Å². The maximum Gasteiger partial charge on any atom is 0.339 e. The number of methoxy groups -OCH3 is 1. The Balaban J connectivity index is 2.48. The van der Waals surface area contributed by atoms with Gasteiger partial charge in [0.05, 0.1) is 13.7 Å². The lowest BCUT2D eigenvalue weighted by Crippen LogP contribution is -2.15. The molecule has 1 aromatic heterocycles. The summed E-state index contributed by atoms with van der Waals surface area (Å²) in [5.41, 5.74) is 1.26. The molecule has 0 saturated carbocycles. The number of fused-ring (bicyclic) bond motifs is 1. The second kappa shape index (κ2) is 5.10. The number of aromatic nitrogens is 1. The second-order valence-electron chi connectivity index (χ2n) is 3.78. The number of hydrogen-bond donors (Lipinski definition) is 2. The van der Waals surface area contributed by atoms with Crippen molar-refractivity contribution in [2.75, 3.05) is 13.7 Å². The zero-order valence-electron chi connectivity index (χ0n) is 10.3. The normalized spacial score (nSPS) is 12.4. The second-order valence-corrected chi connectivity index (χ2v) is 3.78. The number of aromatic amines is 1. The summed E-state index contributed by atoms with van der Waals surface area (Å²) >= 11 is 0. The lowest BCUT2D eigenvalue weighted by atomic mass is 10.1. The molecule has 2 N–H and O–H groups in total. The van der Waals surface area contributed by atoms with E-state index in [1.165, 1.54) is 0 Å². The van der Waals surface area contributed by atoms with E-state index in [4.69, 9.17) is 9.47 Å². The van der Waals surface area contributed by atoms with E-state index in [1.54, 1.807) is 26.3 Å². The number of carbonyl (C=O) groups is 1. The number of aliphatic hydroxyl groups is 1. The summed E-state index contributed by atoms with van der Waals surface area (Å²) in [5.74, 6) is -0.0589. The lowest BCUT2D eigenvalue weighted by molar-refractivity contribution is -0.153. The predicted molar refractivity (Wildman–Crippen MR) is 66.4 cm³/mol. The first-order chi connectivity index (χ1) is 8.69. The average molecular weight is 249 g/mol. The number of aliphatic hydroxyl groups excluding tert-OH is 1. The summed E-state index contributed by atoms with van der Waals surface area (Å²) in [7, 11) is 1.54. The highest BCUT2D eigenvalue weighted by Gasteiger charge is 2.23.